The zero-order chi connectivity index (χ0) is 18.3. The molecule has 2 atom stereocenters. The quantitative estimate of drug-likeness (QED) is 0.718. The number of anilines is 2. The van der Waals surface area contributed by atoms with Gasteiger partial charge in [-0.05, 0) is 13.3 Å². The molecule has 12 heteroatoms. The molecule has 0 aliphatic heterocycles. The lowest BCUT2D eigenvalue weighted by molar-refractivity contribution is -0.138. The second-order valence-corrected chi connectivity index (χ2v) is 5.24. The summed E-state index contributed by atoms with van der Waals surface area (Å²) in [5.74, 6) is -6.82. The summed E-state index contributed by atoms with van der Waals surface area (Å²) in [5, 5.41) is 11.2. The molecule has 0 radical (unpaired) electrons. The molecule has 0 bridgehead atoms. The van der Waals surface area contributed by atoms with Crippen LogP contribution < -0.4 is 11.1 Å². The van der Waals surface area contributed by atoms with Crippen molar-refractivity contribution < 1.29 is 31.4 Å². The van der Waals surface area contributed by atoms with Gasteiger partial charge in [-0.25, -0.2) is 13.2 Å². The van der Waals surface area contributed by atoms with Crippen LogP contribution in [0.1, 0.15) is 25.6 Å². The number of rotatable bonds is 3. The number of hydrogen-bond donors (Lipinski definition) is 3. The number of halogens is 6. The molecule has 4 N–H and O–H groups in total. The standard InChI is InChI=1S/C12H13F6N5O/c1-4(12(16,17)18)20-10-22-8(21-9(19)23-10)5-2-3-11(14,15)7(24)6(5)13/h4,7,24H,2-3H2,1H3,(H3,19,20,21,22,23)/t4?,7-/m1/s1. The molecule has 1 aliphatic carbocycles. The lowest BCUT2D eigenvalue weighted by Crippen LogP contribution is -2.37. The van der Waals surface area contributed by atoms with Crippen molar-refractivity contribution in [1.29, 1.82) is 0 Å². The molecule has 0 fully saturated rings. The third-order valence-electron chi connectivity index (χ3n) is 3.40. The summed E-state index contributed by atoms with van der Waals surface area (Å²) < 4.78 is 78.1. The number of alkyl halides is 5. The molecule has 0 aromatic carbocycles. The molecule has 0 saturated carbocycles. The Morgan fingerprint density at radius 1 is 1.29 bits per heavy atom. The van der Waals surface area contributed by atoms with Gasteiger partial charge in [-0.2, -0.15) is 28.1 Å². The highest BCUT2D eigenvalue weighted by molar-refractivity contribution is 5.65. The summed E-state index contributed by atoms with van der Waals surface area (Å²) in [4.78, 5) is 10.6. The van der Waals surface area contributed by atoms with Crippen LogP contribution in [-0.4, -0.2) is 44.3 Å². The topological polar surface area (TPSA) is 97.0 Å². The molecule has 6 nitrogen and oxygen atoms in total. The van der Waals surface area contributed by atoms with Crippen LogP contribution >= 0.6 is 0 Å². The Hall–Kier alpha value is -2.11. The van der Waals surface area contributed by atoms with Crippen molar-refractivity contribution >= 4 is 17.5 Å². The molecule has 2 rings (SSSR count). The monoisotopic (exact) mass is 357 g/mol. The maximum Gasteiger partial charge on any atom is 0.408 e. The number of aliphatic hydroxyl groups is 1. The van der Waals surface area contributed by atoms with Crippen molar-refractivity contribution in [1.82, 2.24) is 15.0 Å². The smallest absolute Gasteiger partial charge is 0.380 e. The Labute approximate surface area is 131 Å². The first-order valence-electron chi connectivity index (χ1n) is 6.71. The normalized spacial score (nSPS) is 22.4. The van der Waals surface area contributed by atoms with Gasteiger partial charge in [0.05, 0.1) is 0 Å². The number of aromatic nitrogens is 3. The van der Waals surface area contributed by atoms with E-state index in [9.17, 15) is 31.4 Å². The second kappa shape index (κ2) is 6.07. The summed E-state index contributed by atoms with van der Waals surface area (Å²) in [5.41, 5.74) is 4.89. The van der Waals surface area contributed by atoms with Crippen molar-refractivity contribution in [2.45, 2.75) is 44.0 Å². The van der Waals surface area contributed by atoms with E-state index < -0.39 is 66.2 Å². The Kier molecular flexibility index (Phi) is 4.61. The minimum Gasteiger partial charge on any atom is -0.380 e. The number of allylic oxidation sites excluding steroid dienone is 1. The first kappa shape index (κ1) is 18.2. The fourth-order valence-electron chi connectivity index (χ4n) is 1.98. The van der Waals surface area contributed by atoms with Crippen LogP contribution in [0.4, 0.5) is 38.2 Å². The van der Waals surface area contributed by atoms with Gasteiger partial charge in [-0.3, -0.25) is 0 Å². The summed E-state index contributed by atoms with van der Waals surface area (Å²) in [7, 11) is 0. The lowest BCUT2D eigenvalue weighted by Gasteiger charge is -2.27. The van der Waals surface area contributed by atoms with E-state index in [4.69, 9.17) is 5.73 Å². The van der Waals surface area contributed by atoms with Crippen molar-refractivity contribution in [2.75, 3.05) is 11.1 Å². The van der Waals surface area contributed by atoms with E-state index in [2.05, 4.69) is 15.0 Å². The van der Waals surface area contributed by atoms with Gasteiger partial charge in [0.2, 0.25) is 11.9 Å². The average Bonchev–Trinajstić information content (AvgIpc) is 2.43. The number of nitrogens with one attached hydrogen (secondary N) is 1. The van der Waals surface area contributed by atoms with Gasteiger partial charge in [0, 0.05) is 12.0 Å². The van der Waals surface area contributed by atoms with Crippen LogP contribution in [0.3, 0.4) is 0 Å². The van der Waals surface area contributed by atoms with Gasteiger partial charge in [-0.1, -0.05) is 0 Å². The first-order chi connectivity index (χ1) is 10.9. The van der Waals surface area contributed by atoms with E-state index in [1.54, 1.807) is 0 Å². The number of nitrogens with zero attached hydrogens (tertiary/aromatic N) is 3. The Balaban J connectivity index is 2.37. The van der Waals surface area contributed by atoms with E-state index in [-0.39, 0.29) is 0 Å². The number of aliphatic hydroxyl groups excluding tert-OH is 1. The molecule has 1 aromatic rings. The van der Waals surface area contributed by atoms with Gasteiger partial charge in [0.15, 0.2) is 11.9 Å². The van der Waals surface area contributed by atoms with E-state index >= 15 is 0 Å². The molecule has 1 aliphatic rings. The highest BCUT2D eigenvalue weighted by atomic mass is 19.4. The molecular weight excluding hydrogens is 344 g/mol. The minimum absolute atomic E-state index is 0.453. The van der Waals surface area contributed by atoms with Crippen LogP contribution in [0.15, 0.2) is 5.83 Å². The van der Waals surface area contributed by atoms with Crippen LogP contribution in [0.25, 0.3) is 5.57 Å². The van der Waals surface area contributed by atoms with Crippen molar-refractivity contribution in [2.24, 2.45) is 0 Å². The second-order valence-electron chi connectivity index (χ2n) is 5.24. The molecule has 134 valence electrons. The van der Waals surface area contributed by atoms with Crippen LogP contribution in [-0.2, 0) is 0 Å². The third-order valence-corrected chi connectivity index (χ3v) is 3.40. The summed E-state index contributed by atoms with van der Waals surface area (Å²) in [6, 6.07) is -2.03. The number of nitrogens with two attached hydrogens (primary N) is 1. The predicted octanol–water partition coefficient (Wildman–Crippen LogP) is 2.29. The van der Waals surface area contributed by atoms with Crippen molar-refractivity contribution in [3.63, 3.8) is 0 Å². The fraction of sp³-hybridized carbons (Fsp3) is 0.583. The van der Waals surface area contributed by atoms with E-state index in [1.807, 2.05) is 5.32 Å². The number of hydrogen-bond acceptors (Lipinski definition) is 6. The van der Waals surface area contributed by atoms with Crippen molar-refractivity contribution in [3.05, 3.63) is 11.7 Å². The summed E-state index contributed by atoms with van der Waals surface area (Å²) >= 11 is 0. The SMILES string of the molecule is CC(Nc1nc(N)nc(C2=C(F)[C@@H](O)C(F)(F)CC2)n1)C(F)(F)F. The predicted molar refractivity (Wildman–Crippen MR) is 71.6 cm³/mol. The molecule has 0 spiro atoms. The Bertz CT molecular complexity index is 662. The third kappa shape index (κ3) is 3.68. The van der Waals surface area contributed by atoms with E-state index in [0.717, 1.165) is 6.92 Å². The number of nitrogen functional groups attached to an aromatic ring is 1. The Morgan fingerprint density at radius 2 is 1.92 bits per heavy atom. The zero-order valence-electron chi connectivity index (χ0n) is 12.2. The highest BCUT2D eigenvalue weighted by Gasteiger charge is 2.46. The Morgan fingerprint density at radius 3 is 2.50 bits per heavy atom. The molecule has 0 saturated heterocycles. The molecular formula is C12H13F6N5O. The molecule has 1 unspecified atom stereocenters. The highest BCUT2D eigenvalue weighted by Crippen LogP contribution is 2.40. The lowest BCUT2D eigenvalue weighted by atomic mass is 9.92. The van der Waals surface area contributed by atoms with Gasteiger partial charge in [0.25, 0.3) is 5.92 Å². The van der Waals surface area contributed by atoms with Gasteiger partial charge in [-0.15, -0.1) is 0 Å². The van der Waals surface area contributed by atoms with Crippen LogP contribution in [0.5, 0.6) is 0 Å². The summed E-state index contributed by atoms with van der Waals surface area (Å²) in [6.45, 7) is 0.796. The van der Waals surface area contributed by atoms with E-state index in [0.29, 0.717) is 0 Å². The molecule has 0 amide bonds. The maximum absolute atomic E-state index is 13.9. The first-order valence-corrected chi connectivity index (χ1v) is 6.71. The van der Waals surface area contributed by atoms with Crippen LogP contribution in [0.2, 0.25) is 0 Å². The molecule has 24 heavy (non-hydrogen) atoms. The largest absolute Gasteiger partial charge is 0.408 e. The van der Waals surface area contributed by atoms with E-state index in [1.165, 1.54) is 0 Å². The summed E-state index contributed by atoms with van der Waals surface area (Å²) in [6.07, 6.45) is -8.67. The van der Waals surface area contributed by atoms with Gasteiger partial charge in [0.1, 0.15) is 11.9 Å². The van der Waals surface area contributed by atoms with Crippen LogP contribution in [0, 0.1) is 0 Å². The zero-order valence-corrected chi connectivity index (χ0v) is 12.2. The average molecular weight is 357 g/mol. The molecule has 1 aromatic heterocycles. The van der Waals surface area contributed by atoms with Crippen molar-refractivity contribution in [3.8, 4) is 0 Å². The maximum atomic E-state index is 13.9. The minimum atomic E-state index is -4.60. The van der Waals surface area contributed by atoms with Gasteiger partial charge < -0.3 is 16.2 Å². The fourth-order valence-corrected chi connectivity index (χ4v) is 1.98. The van der Waals surface area contributed by atoms with Gasteiger partial charge >= 0.3 is 6.18 Å². The molecule has 1 heterocycles.